The molecular formula is C11H17ClN2O2. The number of rotatable bonds is 2. The number of carbonyl (C=O) groups is 1. The molecule has 5 heteroatoms. The number of carbonyl (C=O) groups excluding carboxylic acids is 1. The van der Waals surface area contributed by atoms with Crippen LogP contribution in [0.15, 0.2) is 22.8 Å². The number of nitrogens with one attached hydrogen (secondary N) is 2. The van der Waals surface area contributed by atoms with Crippen molar-refractivity contribution in [3.05, 3.63) is 24.2 Å². The molecule has 2 heterocycles. The van der Waals surface area contributed by atoms with Gasteiger partial charge in [0.05, 0.1) is 6.26 Å². The number of amides is 1. The molecule has 2 atom stereocenters. The summed E-state index contributed by atoms with van der Waals surface area (Å²) in [6.07, 6.45) is 2.61. The SMILES string of the molecule is CC1CCNCC1NC(=O)c1ccco1.Cl. The van der Waals surface area contributed by atoms with Crippen LogP contribution in [0, 0.1) is 5.92 Å². The second-order valence-electron chi connectivity index (χ2n) is 4.03. The van der Waals surface area contributed by atoms with Crippen molar-refractivity contribution < 1.29 is 9.21 Å². The van der Waals surface area contributed by atoms with Crippen LogP contribution in [0.2, 0.25) is 0 Å². The van der Waals surface area contributed by atoms with Gasteiger partial charge < -0.3 is 15.1 Å². The van der Waals surface area contributed by atoms with Crippen LogP contribution < -0.4 is 10.6 Å². The van der Waals surface area contributed by atoms with Gasteiger partial charge in [-0.05, 0) is 31.0 Å². The average molecular weight is 245 g/mol. The maximum absolute atomic E-state index is 11.7. The third-order valence-electron chi connectivity index (χ3n) is 2.89. The highest BCUT2D eigenvalue weighted by Gasteiger charge is 2.23. The van der Waals surface area contributed by atoms with E-state index < -0.39 is 0 Å². The van der Waals surface area contributed by atoms with E-state index in [-0.39, 0.29) is 24.4 Å². The summed E-state index contributed by atoms with van der Waals surface area (Å²) >= 11 is 0. The minimum absolute atomic E-state index is 0. The lowest BCUT2D eigenvalue weighted by Gasteiger charge is -2.29. The molecule has 1 amide bonds. The first-order chi connectivity index (χ1) is 7.27. The van der Waals surface area contributed by atoms with Gasteiger partial charge >= 0.3 is 0 Å². The van der Waals surface area contributed by atoms with E-state index in [1.54, 1.807) is 12.1 Å². The minimum Gasteiger partial charge on any atom is -0.459 e. The molecule has 0 aliphatic carbocycles. The molecule has 1 saturated heterocycles. The predicted molar refractivity (Wildman–Crippen MR) is 63.9 cm³/mol. The normalized spacial score (nSPS) is 24.6. The van der Waals surface area contributed by atoms with Gasteiger partial charge in [-0.1, -0.05) is 6.92 Å². The van der Waals surface area contributed by atoms with Gasteiger partial charge in [-0.2, -0.15) is 0 Å². The van der Waals surface area contributed by atoms with Gasteiger partial charge in [0.2, 0.25) is 0 Å². The van der Waals surface area contributed by atoms with E-state index in [9.17, 15) is 4.79 Å². The third-order valence-corrected chi connectivity index (χ3v) is 2.89. The maximum Gasteiger partial charge on any atom is 0.287 e. The molecule has 0 radical (unpaired) electrons. The molecule has 16 heavy (non-hydrogen) atoms. The van der Waals surface area contributed by atoms with E-state index >= 15 is 0 Å². The van der Waals surface area contributed by atoms with Crippen molar-refractivity contribution in [1.29, 1.82) is 0 Å². The lowest BCUT2D eigenvalue weighted by molar-refractivity contribution is 0.0887. The van der Waals surface area contributed by atoms with Crippen molar-refractivity contribution in [3.8, 4) is 0 Å². The van der Waals surface area contributed by atoms with Crippen LogP contribution >= 0.6 is 12.4 Å². The first kappa shape index (κ1) is 13.1. The van der Waals surface area contributed by atoms with E-state index in [0.717, 1.165) is 19.5 Å². The van der Waals surface area contributed by atoms with Gasteiger partial charge in [-0.3, -0.25) is 4.79 Å². The zero-order valence-corrected chi connectivity index (χ0v) is 10.0. The summed E-state index contributed by atoms with van der Waals surface area (Å²) in [5, 5.41) is 6.25. The van der Waals surface area contributed by atoms with E-state index in [1.165, 1.54) is 6.26 Å². The van der Waals surface area contributed by atoms with Crippen LogP contribution in [-0.2, 0) is 0 Å². The molecule has 2 N–H and O–H groups in total. The summed E-state index contributed by atoms with van der Waals surface area (Å²) in [4.78, 5) is 11.7. The van der Waals surface area contributed by atoms with Crippen molar-refractivity contribution in [2.45, 2.75) is 19.4 Å². The quantitative estimate of drug-likeness (QED) is 0.828. The Bertz CT molecular complexity index is 327. The van der Waals surface area contributed by atoms with Crippen LogP contribution in [0.3, 0.4) is 0 Å². The van der Waals surface area contributed by atoms with Crippen molar-refractivity contribution in [1.82, 2.24) is 10.6 Å². The Labute approximate surface area is 101 Å². The smallest absolute Gasteiger partial charge is 0.287 e. The fourth-order valence-electron chi connectivity index (χ4n) is 1.83. The van der Waals surface area contributed by atoms with E-state index in [1.807, 2.05) is 0 Å². The lowest BCUT2D eigenvalue weighted by Crippen LogP contribution is -2.50. The number of halogens is 1. The lowest BCUT2D eigenvalue weighted by atomic mass is 9.95. The molecular weight excluding hydrogens is 228 g/mol. The Morgan fingerprint density at radius 3 is 3.06 bits per heavy atom. The second kappa shape index (κ2) is 5.92. The van der Waals surface area contributed by atoms with E-state index in [4.69, 9.17) is 4.42 Å². The fraction of sp³-hybridized carbons (Fsp3) is 0.545. The Hall–Kier alpha value is -1.00. The van der Waals surface area contributed by atoms with Crippen LogP contribution in [0.4, 0.5) is 0 Å². The summed E-state index contributed by atoms with van der Waals surface area (Å²) in [6, 6.07) is 3.60. The average Bonchev–Trinajstić information content (AvgIpc) is 2.74. The van der Waals surface area contributed by atoms with Crippen LogP contribution in [0.5, 0.6) is 0 Å². The standard InChI is InChI=1S/C11H16N2O2.ClH/c1-8-4-5-12-7-9(8)13-11(14)10-3-2-6-15-10;/h2-3,6,8-9,12H,4-5,7H2,1H3,(H,13,14);1H. The van der Waals surface area contributed by atoms with Crippen LogP contribution in [-0.4, -0.2) is 25.0 Å². The predicted octanol–water partition coefficient (Wildman–Crippen LogP) is 1.43. The zero-order chi connectivity index (χ0) is 10.7. The van der Waals surface area contributed by atoms with Crippen LogP contribution in [0.1, 0.15) is 23.9 Å². The van der Waals surface area contributed by atoms with Gasteiger partial charge in [0.25, 0.3) is 5.91 Å². The van der Waals surface area contributed by atoms with Gasteiger partial charge in [0, 0.05) is 12.6 Å². The Balaban J connectivity index is 0.00000128. The topological polar surface area (TPSA) is 54.3 Å². The molecule has 0 aromatic carbocycles. The maximum atomic E-state index is 11.7. The summed E-state index contributed by atoms with van der Waals surface area (Å²) in [6.45, 7) is 4.04. The Morgan fingerprint density at radius 1 is 1.62 bits per heavy atom. The highest BCUT2D eigenvalue weighted by atomic mass is 35.5. The van der Waals surface area contributed by atoms with Crippen molar-refractivity contribution >= 4 is 18.3 Å². The number of furan rings is 1. The second-order valence-corrected chi connectivity index (χ2v) is 4.03. The van der Waals surface area contributed by atoms with Gasteiger partial charge in [0.15, 0.2) is 5.76 Å². The molecule has 2 rings (SSSR count). The number of piperidine rings is 1. The monoisotopic (exact) mass is 244 g/mol. The first-order valence-electron chi connectivity index (χ1n) is 5.32. The molecule has 4 nitrogen and oxygen atoms in total. The zero-order valence-electron chi connectivity index (χ0n) is 9.23. The molecule has 1 aliphatic rings. The van der Waals surface area contributed by atoms with Crippen molar-refractivity contribution in [2.75, 3.05) is 13.1 Å². The molecule has 1 fully saturated rings. The van der Waals surface area contributed by atoms with Gasteiger partial charge in [-0.15, -0.1) is 12.4 Å². The number of hydrogen-bond acceptors (Lipinski definition) is 3. The summed E-state index contributed by atoms with van der Waals surface area (Å²) in [7, 11) is 0. The van der Waals surface area contributed by atoms with Gasteiger partial charge in [0.1, 0.15) is 0 Å². The molecule has 1 aliphatic heterocycles. The largest absolute Gasteiger partial charge is 0.459 e. The highest BCUT2D eigenvalue weighted by Crippen LogP contribution is 2.12. The first-order valence-corrected chi connectivity index (χ1v) is 5.32. The molecule has 90 valence electrons. The van der Waals surface area contributed by atoms with Crippen molar-refractivity contribution in [3.63, 3.8) is 0 Å². The summed E-state index contributed by atoms with van der Waals surface area (Å²) < 4.78 is 5.04. The summed E-state index contributed by atoms with van der Waals surface area (Å²) in [5.74, 6) is 0.776. The van der Waals surface area contributed by atoms with Crippen molar-refractivity contribution in [2.24, 2.45) is 5.92 Å². The Morgan fingerprint density at radius 2 is 2.44 bits per heavy atom. The Kier molecular flexibility index (Phi) is 4.83. The molecule has 2 unspecified atom stereocenters. The van der Waals surface area contributed by atoms with Gasteiger partial charge in [-0.25, -0.2) is 0 Å². The highest BCUT2D eigenvalue weighted by molar-refractivity contribution is 5.91. The van der Waals surface area contributed by atoms with E-state index in [0.29, 0.717) is 11.7 Å². The molecule has 0 bridgehead atoms. The molecule has 1 aromatic rings. The fourth-order valence-corrected chi connectivity index (χ4v) is 1.83. The van der Waals surface area contributed by atoms with Crippen LogP contribution in [0.25, 0.3) is 0 Å². The number of hydrogen-bond donors (Lipinski definition) is 2. The molecule has 0 saturated carbocycles. The van der Waals surface area contributed by atoms with E-state index in [2.05, 4.69) is 17.6 Å². The summed E-state index contributed by atoms with van der Waals surface area (Å²) in [5.41, 5.74) is 0. The minimum atomic E-state index is -0.124. The molecule has 0 spiro atoms. The third kappa shape index (κ3) is 3.00. The molecule has 1 aromatic heterocycles.